The van der Waals surface area contributed by atoms with E-state index in [1.165, 1.54) is 11.3 Å². The van der Waals surface area contributed by atoms with Gasteiger partial charge < -0.3 is 15.2 Å². The fourth-order valence-corrected chi connectivity index (χ4v) is 4.42. The summed E-state index contributed by atoms with van der Waals surface area (Å²) in [5.41, 5.74) is 12.2. The Labute approximate surface area is 169 Å². The van der Waals surface area contributed by atoms with Crippen LogP contribution in [0.1, 0.15) is 41.1 Å². The van der Waals surface area contributed by atoms with E-state index < -0.39 is 0 Å². The Bertz CT molecular complexity index is 1110. The van der Waals surface area contributed by atoms with Crippen molar-refractivity contribution in [3.05, 3.63) is 64.8 Å². The van der Waals surface area contributed by atoms with Gasteiger partial charge in [0.2, 0.25) is 6.79 Å². The zero-order chi connectivity index (χ0) is 19.8. The van der Waals surface area contributed by atoms with Gasteiger partial charge in [0.05, 0.1) is 23.9 Å². The third-order valence-corrected chi connectivity index (χ3v) is 5.86. The van der Waals surface area contributed by atoms with Crippen LogP contribution in [0.25, 0.3) is 11.3 Å². The molecule has 0 bridgehead atoms. The molecule has 0 amide bonds. The third kappa shape index (κ3) is 3.04. The van der Waals surface area contributed by atoms with Gasteiger partial charge in [-0.1, -0.05) is 18.2 Å². The Balaban J connectivity index is 1.63. The molecule has 0 saturated heterocycles. The molecule has 0 spiro atoms. The monoisotopic (exact) mass is 386 g/mol. The van der Waals surface area contributed by atoms with Crippen LogP contribution in [0.3, 0.4) is 0 Å². The molecule has 2 aromatic carbocycles. The predicted octanol–water partition coefficient (Wildman–Crippen LogP) is 3.58. The summed E-state index contributed by atoms with van der Waals surface area (Å²) in [6, 6.07) is 16.0. The molecule has 1 aliphatic heterocycles. The molecule has 29 heavy (non-hydrogen) atoms. The Morgan fingerprint density at radius 3 is 2.90 bits per heavy atom. The van der Waals surface area contributed by atoms with Gasteiger partial charge in [0, 0.05) is 22.7 Å². The van der Waals surface area contributed by atoms with Gasteiger partial charge in [-0.05, 0) is 55.6 Å². The summed E-state index contributed by atoms with van der Waals surface area (Å²) in [6.45, 7) is 1.43. The summed E-state index contributed by atoms with van der Waals surface area (Å²) in [6.07, 6.45) is 3.14. The van der Waals surface area contributed by atoms with E-state index in [0.29, 0.717) is 24.6 Å². The number of nitrogens with two attached hydrogens (primary N) is 1. The molecule has 146 valence electrons. The summed E-state index contributed by atoms with van der Waals surface area (Å²) in [5.74, 6) is 1.81. The second kappa shape index (κ2) is 7.26. The molecule has 6 heteroatoms. The zero-order valence-corrected chi connectivity index (χ0v) is 16.1. The van der Waals surface area contributed by atoms with E-state index in [0.717, 1.165) is 47.6 Å². The number of aromatic nitrogens is 2. The maximum Gasteiger partial charge on any atom is 0.231 e. The van der Waals surface area contributed by atoms with Crippen molar-refractivity contribution >= 4 is 0 Å². The van der Waals surface area contributed by atoms with Crippen LogP contribution in [-0.2, 0) is 13.0 Å². The fraction of sp³-hybridized carbons (Fsp3) is 0.304. The largest absolute Gasteiger partial charge is 0.454 e. The van der Waals surface area contributed by atoms with Crippen molar-refractivity contribution in [2.45, 2.75) is 31.7 Å². The number of hydrogen-bond acceptors (Lipinski definition) is 5. The van der Waals surface area contributed by atoms with Crippen LogP contribution in [0, 0.1) is 11.3 Å². The summed E-state index contributed by atoms with van der Waals surface area (Å²) in [5, 5.41) is 14.5. The SMILES string of the molecule is N#Cc1ccccc1Cn1nc(-c2ccc3c(c2)OCO3)c2c1CCCC2CN. The molecule has 1 unspecified atom stereocenters. The molecule has 2 aliphatic rings. The van der Waals surface area contributed by atoms with E-state index in [1.54, 1.807) is 0 Å². The highest BCUT2D eigenvalue weighted by molar-refractivity contribution is 5.69. The lowest BCUT2D eigenvalue weighted by Gasteiger charge is -2.23. The van der Waals surface area contributed by atoms with Crippen LogP contribution in [0.15, 0.2) is 42.5 Å². The number of benzene rings is 2. The van der Waals surface area contributed by atoms with Crippen LogP contribution in [0.5, 0.6) is 11.5 Å². The number of nitrogens with zero attached hydrogens (tertiary/aromatic N) is 3. The van der Waals surface area contributed by atoms with E-state index in [-0.39, 0.29) is 6.79 Å². The lowest BCUT2D eigenvalue weighted by molar-refractivity contribution is 0.174. The first-order chi connectivity index (χ1) is 14.3. The smallest absolute Gasteiger partial charge is 0.231 e. The van der Waals surface area contributed by atoms with Crippen LogP contribution in [0.4, 0.5) is 0 Å². The molecule has 6 nitrogen and oxygen atoms in total. The topological polar surface area (TPSA) is 86.1 Å². The van der Waals surface area contributed by atoms with E-state index in [1.807, 2.05) is 42.5 Å². The number of fused-ring (bicyclic) bond motifs is 2. The Hall–Kier alpha value is -3.30. The minimum Gasteiger partial charge on any atom is -0.454 e. The molecular weight excluding hydrogens is 364 g/mol. The van der Waals surface area contributed by atoms with Crippen molar-refractivity contribution in [1.82, 2.24) is 9.78 Å². The van der Waals surface area contributed by atoms with Crippen molar-refractivity contribution in [3.63, 3.8) is 0 Å². The molecule has 2 N–H and O–H groups in total. The summed E-state index contributed by atoms with van der Waals surface area (Å²) in [4.78, 5) is 0. The summed E-state index contributed by atoms with van der Waals surface area (Å²) < 4.78 is 13.1. The van der Waals surface area contributed by atoms with Gasteiger partial charge in [-0.25, -0.2) is 0 Å². The normalized spacial score (nSPS) is 17.0. The highest BCUT2D eigenvalue weighted by atomic mass is 16.7. The lowest BCUT2D eigenvalue weighted by atomic mass is 9.84. The highest BCUT2D eigenvalue weighted by Crippen LogP contribution is 2.41. The van der Waals surface area contributed by atoms with Crippen molar-refractivity contribution in [2.24, 2.45) is 5.73 Å². The Kier molecular flexibility index (Phi) is 4.45. The average Bonchev–Trinajstić information content (AvgIpc) is 3.38. The molecule has 1 aliphatic carbocycles. The minimum atomic E-state index is 0.252. The lowest BCUT2D eigenvalue weighted by Crippen LogP contribution is -2.19. The molecule has 5 rings (SSSR count). The van der Waals surface area contributed by atoms with Gasteiger partial charge >= 0.3 is 0 Å². The molecule has 0 radical (unpaired) electrons. The standard InChI is InChI=1S/C23H22N4O2/c24-11-16-4-1-2-5-18(16)13-27-19-7-3-6-17(12-25)22(19)23(26-27)15-8-9-20-21(10-15)29-14-28-20/h1-2,4-5,8-10,17H,3,6-7,12-14,25H2. The van der Waals surface area contributed by atoms with Gasteiger partial charge in [-0.15, -0.1) is 0 Å². The minimum absolute atomic E-state index is 0.252. The second-order valence-corrected chi connectivity index (χ2v) is 7.53. The number of ether oxygens (including phenoxy) is 2. The van der Waals surface area contributed by atoms with Crippen molar-refractivity contribution < 1.29 is 9.47 Å². The van der Waals surface area contributed by atoms with Crippen LogP contribution < -0.4 is 15.2 Å². The second-order valence-electron chi connectivity index (χ2n) is 7.53. The van der Waals surface area contributed by atoms with Gasteiger partial charge in [0.1, 0.15) is 0 Å². The predicted molar refractivity (Wildman–Crippen MR) is 109 cm³/mol. The molecule has 3 aromatic rings. The average molecular weight is 386 g/mol. The maximum atomic E-state index is 9.47. The van der Waals surface area contributed by atoms with E-state index in [9.17, 15) is 5.26 Å². The van der Waals surface area contributed by atoms with Gasteiger partial charge in [0.15, 0.2) is 11.5 Å². The number of nitriles is 1. The van der Waals surface area contributed by atoms with E-state index in [2.05, 4.69) is 10.8 Å². The number of rotatable bonds is 4. The molecule has 2 heterocycles. The first-order valence-corrected chi connectivity index (χ1v) is 9.96. The zero-order valence-electron chi connectivity index (χ0n) is 16.1. The Morgan fingerprint density at radius 2 is 2.03 bits per heavy atom. The van der Waals surface area contributed by atoms with Gasteiger partial charge in [-0.2, -0.15) is 10.4 Å². The first kappa shape index (κ1) is 17.8. The highest BCUT2D eigenvalue weighted by Gasteiger charge is 2.29. The molecule has 1 aromatic heterocycles. The van der Waals surface area contributed by atoms with E-state index in [4.69, 9.17) is 20.3 Å². The van der Waals surface area contributed by atoms with Gasteiger partial charge in [-0.3, -0.25) is 4.68 Å². The van der Waals surface area contributed by atoms with Crippen LogP contribution in [0.2, 0.25) is 0 Å². The molecule has 0 saturated carbocycles. The van der Waals surface area contributed by atoms with Crippen molar-refractivity contribution in [1.29, 1.82) is 5.26 Å². The fourth-order valence-electron chi connectivity index (χ4n) is 4.42. The van der Waals surface area contributed by atoms with Crippen molar-refractivity contribution in [3.8, 4) is 28.8 Å². The Morgan fingerprint density at radius 1 is 1.17 bits per heavy atom. The van der Waals surface area contributed by atoms with Crippen molar-refractivity contribution in [2.75, 3.05) is 13.3 Å². The maximum absolute atomic E-state index is 9.47. The summed E-state index contributed by atoms with van der Waals surface area (Å²) >= 11 is 0. The molecular formula is C23H22N4O2. The quantitative estimate of drug-likeness (QED) is 0.741. The van der Waals surface area contributed by atoms with E-state index >= 15 is 0 Å². The van der Waals surface area contributed by atoms with Gasteiger partial charge in [0.25, 0.3) is 0 Å². The number of hydrogen-bond donors (Lipinski definition) is 1. The van der Waals surface area contributed by atoms with Crippen LogP contribution >= 0.6 is 0 Å². The first-order valence-electron chi connectivity index (χ1n) is 9.96. The molecule has 1 atom stereocenters. The molecule has 0 fully saturated rings. The van der Waals surface area contributed by atoms with Crippen LogP contribution in [-0.4, -0.2) is 23.1 Å². The summed E-state index contributed by atoms with van der Waals surface area (Å²) in [7, 11) is 0. The third-order valence-electron chi connectivity index (χ3n) is 5.86.